The maximum Gasteiger partial charge on any atom is 0.101 e. The highest BCUT2D eigenvalue weighted by Gasteiger charge is 2.36. The van der Waals surface area contributed by atoms with E-state index in [9.17, 15) is 0 Å². The normalized spacial score (nSPS) is 25.2. The smallest absolute Gasteiger partial charge is 0.101 e. The summed E-state index contributed by atoms with van der Waals surface area (Å²) in [6.07, 6.45) is 1.18. The van der Waals surface area contributed by atoms with Crippen LogP contribution < -0.4 is 0 Å². The Balaban J connectivity index is 1.61. The first-order valence-electron chi connectivity index (χ1n) is 7.00. The van der Waals surface area contributed by atoms with Crippen molar-refractivity contribution in [3.63, 3.8) is 0 Å². The van der Waals surface area contributed by atoms with Gasteiger partial charge in [0.25, 0.3) is 0 Å². The monoisotopic (exact) mass is 285 g/mol. The molecule has 2 aromatic rings. The molecule has 102 valence electrons. The molecule has 0 N–H and O–H groups in total. The predicted molar refractivity (Wildman–Crippen MR) is 79.5 cm³/mol. The minimum absolute atomic E-state index is 0.166. The van der Waals surface area contributed by atoms with E-state index in [-0.39, 0.29) is 6.10 Å². The van der Waals surface area contributed by atoms with E-state index in [2.05, 4.69) is 41.3 Å². The van der Waals surface area contributed by atoms with Crippen molar-refractivity contribution in [1.82, 2.24) is 4.90 Å². The van der Waals surface area contributed by atoms with Gasteiger partial charge in [-0.3, -0.25) is 4.90 Å². The molecule has 2 aliphatic heterocycles. The third-order valence-electron chi connectivity index (χ3n) is 4.35. The van der Waals surface area contributed by atoms with Gasteiger partial charge in [-0.25, -0.2) is 0 Å². The Labute approximate surface area is 123 Å². The Morgan fingerprint density at radius 1 is 1.05 bits per heavy atom. The van der Waals surface area contributed by atoms with Crippen LogP contribution >= 0.6 is 11.6 Å². The highest BCUT2D eigenvalue weighted by Crippen LogP contribution is 2.43. The molecular formula is C17H16ClNO. The van der Waals surface area contributed by atoms with E-state index in [0.717, 1.165) is 18.0 Å². The number of ether oxygens (including phenoxy) is 1. The summed E-state index contributed by atoms with van der Waals surface area (Å²) in [7, 11) is 0. The van der Waals surface area contributed by atoms with E-state index >= 15 is 0 Å². The first kappa shape index (κ1) is 12.4. The van der Waals surface area contributed by atoms with Gasteiger partial charge in [0.15, 0.2) is 0 Å². The largest absolute Gasteiger partial charge is 0.358 e. The molecule has 2 aromatic carbocycles. The summed E-state index contributed by atoms with van der Waals surface area (Å²) in [6.45, 7) is 1.71. The van der Waals surface area contributed by atoms with Gasteiger partial charge < -0.3 is 4.74 Å². The number of halogens is 1. The highest BCUT2D eigenvalue weighted by molar-refractivity contribution is 6.30. The Bertz CT molecular complexity index is 625. The zero-order chi connectivity index (χ0) is 13.5. The molecule has 0 bridgehead atoms. The molecule has 0 saturated carbocycles. The van der Waals surface area contributed by atoms with Crippen LogP contribution in [0.2, 0.25) is 5.02 Å². The molecule has 2 nitrogen and oxygen atoms in total. The number of hydrogen-bond acceptors (Lipinski definition) is 2. The second-order valence-corrected chi connectivity index (χ2v) is 5.97. The molecule has 1 saturated heterocycles. The maximum atomic E-state index is 6.03. The summed E-state index contributed by atoms with van der Waals surface area (Å²) in [5, 5.41) is 0.775. The molecule has 0 spiro atoms. The fourth-order valence-corrected chi connectivity index (χ4v) is 3.43. The summed E-state index contributed by atoms with van der Waals surface area (Å²) in [4.78, 5) is 2.41. The van der Waals surface area contributed by atoms with Crippen LogP contribution in [-0.2, 0) is 11.3 Å². The molecule has 4 rings (SSSR count). The number of hydrogen-bond donors (Lipinski definition) is 0. The highest BCUT2D eigenvalue weighted by atomic mass is 35.5. The molecule has 0 amide bonds. The van der Waals surface area contributed by atoms with Gasteiger partial charge in [-0.05, 0) is 35.2 Å². The lowest BCUT2D eigenvalue weighted by Crippen LogP contribution is -2.33. The van der Waals surface area contributed by atoms with Crippen molar-refractivity contribution in [3.8, 4) is 0 Å². The molecule has 0 radical (unpaired) electrons. The summed E-state index contributed by atoms with van der Waals surface area (Å²) in [5.74, 6) is 0. The van der Waals surface area contributed by atoms with Crippen molar-refractivity contribution < 1.29 is 4.74 Å². The number of rotatable bonds is 1. The molecule has 2 heterocycles. The van der Waals surface area contributed by atoms with Gasteiger partial charge in [-0.15, -0.1) is 0 Å². The van der Waals surface area contributed by atoms with Crippen molar-refractivity contribution in [2.45, 2.75) is 25.1 Å². The van der Waals surface area contributed by atoms with Crippen LogP contribution in [0.5, 0.6) is 0 Å². The number of benzene rings is 2. The maximum absolute atomic E-state index is 6.03. The van der Waals surface area contributed by atoms with E-state index in [0.29, 0.717) is 12.8 Å². The van der Waals surface area contributed by atoms with Crippen molar-refractivity contribution in [2.24, 2.45) is 0 Å². The van der Waals surface area contributed by atoms with E-state index in [1.807, 2.05) is 12.1 Å². The van der Waals surface area contributed by atoms with Crippen LogP contribution in [0.3, 0.4) is 0 Å². The fourth-order valence-electron chi connectivity index (χ4n) is 3.31. The van der Waals surface area contributed by atoms with Crippen LogP contribution in [0, 0.1) is 0 Å². The Hall–Kier alpha value is -1.35. The van der Waals surface area contributed by atoms with E-state index < -0.39 is 0 Å². The quantitative estimate of drug-likeness (QED) is 0.774. The summed E-state index contributed by atoms with van der Waals surface area (Å²) in [5.41, 5.74) is 4.13. The predicted octanol–water partition coefficient (Wildman–Crippen LogP) is 4.32. The van der Waals surface area contributed by atoms with Gasteiger partial charge in [0, 0.05) is 17.6 Å². The fraction of sp³-hybridized carbons (Fsp3) is 0.294. The van der Waals surface area contributed by atoms with Gasteiger partial charge in [-0.2, -0.15) is 0 Å². The molecule has 0 unspecified atom stereocenters. The average Bonchev–Trinajstić information content (AvgIpc) is 2.86. The Kier molecular flexibility index (Phi) is 3.03. The van der Waals surface area contributed by atoms with Crippen molar-refractivity contribution in [2.75, 3.05) is 6.73 Å². The summed E-state index contributed by atoms with van der Waals surface area (Å²) >= 11 is 5.96. The SMILES string of the molecule is Clc1ccc([C@H]2C[C@H]3c4ccccc4CN3CO2)cc1. The van der Waals surface area contributed by atoms with Gasteiger partial charge in [0.1, 0.15) is 6.73 Å². The topological polar surface area (TPSA) is 12.5 Å². The zero-order valence-corrected chi connectivity index (χ0v) is 11.9. The van der Waals surface area contributed by atoms with Crippen molar-refractivity contribution in [3.05, 3.63) is 70.2 Å². The standard InChI is InChI=1S/C17H16ClNO/c18-14-7-5-12(6-8-14)17-9-16-15-4-2-1-3-13(15)10-19(16)11-20-17/h1-8,16-17H,9-11H2/t16-,17+/m0/s1. The average molecular weight is 286 g/mol. The van der Waals surface area contributed by atoms with Crippen LogP contribution in [0.15, 0.2) is 48.5 Å². The second kappa shape index (κ2) is 4.88. The molecule has 2 atom stereocenters. The molecule has 0 aromatic heterocycles. The van der Waals surface area contributed by atoms with Gasteiger partial charge in [-0.1, -0.05) is 48.0 Å². The summed E-state index contributed by atoms with van der Waals surface area (Å²) < 4.78 is 6.03. The molecule has 3 heteroatoms. The molecule has 0 aliphatic carbocycles. The lowest BCUT2D eigenvalue weighted by Gasteiger charge is -2.35. The first-order valence-corrected chi connectivity index (χ1v) is 7.38. The number of fused-ring (bicyclic) bond motifs is 3. The van der Waals surface area contributed by atoms with Gasteiger partial charge >= 0.3 is 0 Å². The van der Waals surface area contributed by atoms with Crippen LogP contribution in [-0.4, -0.2) is 11.6 Å². The lowest BCUT2D eigenvalue weighted by atomic mass is 9.95. The van der Waals surface area contributed by atoms with Crippen LogP contribution in [0.1, 0.15) is 35.3 Å². The molecular weight excluding hydrogens is 270 g/mol. The third kappa shape index (κ3) is 2.05. The van der Waals surface area contributed by atoms with Crippen molar-refractivity contribution in [1.29, 1.82) is 0 Å². The van der Waals surface area contributed by atoms with E-state index in [4.69, 9.17) is 16.3 Å². The van der Waals surface area contributed by atoms with Gasteiger partial charge in [0.2, 0.25) is 0 Å². The van der Waals surface area contributed by atoms with Gasteiger partial charge in [0.05, 0.1) is 6.10 Å². The Morgan fingerprint density at radius 2 is 1.85 bits per heavy atom. The zero-order valence-electron chi connectivity index (χ0n) is 11.1. The minimum Gasteiger partial charge on any atom is -0.358 e. The minimum atomic E-state index is 0.166. The number of nitrogens with zero attached hydrogens (tertiary/aromatic N) is 1. The van der Waals surface area contributed by atoms with E-state index in [1.165, 1.54) is 16.7 Å². The van der Waals surface area contributed by atoms with Crippen LogP contribution in [0.25, 0.3) is 0 Å². The second-order valence-electron chi connectivity index (χ2n) is 5.53. The third-order valence-corrected chi connectivity index (χ3v) is 4.60. The first-order chi connectivity index (χ1) is 9.81. The molecule has 1 fully saturated rings. The summed E-state index contributed by atoms with van der Waals surface area (Å²) in [6, 6.07) is 17.2. The Morgan fingerprint density at radius 3 is 2.70 bits per heavy atom. The van der Waals surface area contributed by atoms with E-state index in [1.54, 1.807) is 0 Å². The molecule has 2 aliphatic rings. The lowest BCUT2D eigenvalue weighted by molar-refractivity contribution is -0.0967. The van der Waals surface area contributed by atoms with Crippen LogP contribution in [0.4, 0.5) is 0 Å². The van der Waals surface area contributed by atoms with Crippen molar-refractivity contribution >= 4 is 11.6 Å². The molecule has 20 heavy (non-hydrogen) atoms.